The molecule has 1 aliphatic carbocycles. The minimum atomic E-state index is 0.606. The van der Waals surface area contributed by atoms with E-state index in [9.17, 15) is 0 Å². The predicted octanol–water partition coefficient (Wildman–Crippen LogP) is 2.50. The van der Waals surface area contributed by atoms with E-state index in [1.54, 1.807) is 0 Å². The molecular weight excluding hydrogens is 286 g/mol. The molecule has 2 fully saturated rings. The van der Waals surface area contributed by atoms with Gasteiger partial charge >= 0.3 is 0 Å². The van der Waals surface area contributed by atoms with Crippen LogP contribution in [-0.4, -0.2) is 40.8 Å². The van der Waals surface area contributed by atoms with Crippen LogP contribution in [0.4, 0.5) is 0 Å². The predicted molar refractivity (Wildman–Crippen MR) is 94.6 cm³/mol. The Labute approximate surface area is 140 Å². The van der Waals surface area contributed by atoms with Crippen molar-refractivity contribution < 1.29 is 0 Å². The van der Waals surface area contributed by atoms with E-state index in [1.165, 1.54) is 49.2 Å². The van der Waals surface area contributed by atoms with Crippen LogP contribution in [0.5, 0.6) is 0 Å². The molecule has 5 nitrogen and oxygen atoms in total. The second kappa shape index (κ2) is 6.54. The molecule has 0 aromatic carbocycles. The molecule has 1 saturated heterocycles. The average molecular weight is 317 g/mol. The summed E-state index contributed by atoms with van der Waals surface area (Å²) in [7, 11) is 3.95. The molecule has 0 amide bonds. The van der Waals surface area contributed by atoms with E-state index in [2.05, 4.69) is 41.2 Å². The summed E-state index contributed by atoms with van der Waals surface area (Å²) in [6, 6.07) is 0. The van der Waals surface area contributed by atoms with Crippen LogP contribution in [0.15, 0.2) is 4.99 Å². The minimum absolute atomic E-state index is 0.606. The number of hydrogen-bond donors (Lipinski definition) is 1. The maximum atomic E-state index is 4.67. The van der Waals surface area contributed by atoms with Crippen LogP contribution < -0.4 is 5.32 Å². The number of aryl methyl sites for hydroxylation is 2. The summed E-state index contributed by atoms with van der Waals surface area (Å²) in [4.78, 5) is 6.98. The van der Waals surface area contributed by atoms with Gasteiger partial charge in [-0.3, -0.25) is 9.67 Å². The topological polar surface area (TPSA) is 45.5 Å². The molecule has 1 spiro atoms. The highest BCUT2D eigenvalue weighted by molar-refractivity contribution is 5.80. The second-order valence-electron chi connectivity index (χ2n) is 7.13. The number of nitrogens with one attached hydrogen (secondary N) is 1. The fraction of sp³-hybridized carbons (Fsp3) is 0.778. The van der Waals surface area contributed by atoms with Crippen LogP contribution in [0, 0.1) is 5.41 Å². The molecule has 2 heterocycles. The Morgan fingerprint density at radius 2 is 2.04 bits per heavy atom. The third kappa shape index (κ3) is 2.98. The Kier molecular flexibility index (Phi) is 4.64. The molecule has 3 rings (SSSR count). The van der Waals surface area contributed by atoms with Crippen molar-refractivity contribution in [2.75, 3.05) is 20.1 Å². The lowest BCUT2D eigenvalue weighted by Gasteiger charge is -2.38. The number of nitrogens with zero attached hydrogens (tertiary/aromatic N) is 4. The average Bonchev–Trinajstić information content (AvgIpc) is 3.09. The normalized spacial score (nSPS) is 20.2. The molecule has 128 valence electrons. The Hall–Kier alpha value is -1.52. The number of aliphatic imine (C=N–C) groups is 1. The van der Waals surface area contributed by atoms with Gasteiger partial charge in [0.15, 0.2) is 5.96 Å². The third-order valence-electron chi connectivity index (χ3n) is 5.81. The fourth-order valence-corrected chi connectivity index (χ4v) is 4.29. The Morgan fingerprint density at radius 1 is 1.26 bits per heavy atom. The summed E-state index contributed by atoms with van der Waals surface area (Å²) in [5, 5.41) is 8.27. The highest BCUT2D eigenvalue weighted by Gasteiger charge is 2.43. The van der Waals surface area contributed by atoms with E-state index in [4.69, 9.17) is 0 Å². The van der Waals surface area contributed by atoms with Gasteiger partial charge in [0.05, 0.1) is 5.69 Å². The molecule has 1 saturated carbocycles. The van der Waals surface area contributed by atoms with E-state index in [1.807, 2.05) is 11.7 Å². The quantitative estimate of drug-likeness (QED) is 0.685. The van der Waals surface area contributed by atoms with Gasteiger partial charge in [0, 0.05) is 45.0 Å². The summed E-state index contributed by atoms with van der Waals surface area (Å²) in [5.41, 5.74) is 4.51. The van der Waals surface area contributed by atoms with Gasteiger partial charge in [0.2, 0.25) is 0 Å². The molecule has 1 aromatic heterocycles. The van der Waals surface area contributed by atoms with Crippen LogP contribution in [-0.2, 0) is 26.4 Å². The molecular formula is C18H31N5. The van der Waals surface area contributed by atoms with E-state index in [-0.39, 0.29) is 0 Å². The number of likely N-dealkylation sites (tertiary alicyclic amines) is 1. The monoisotopic (exact) mass is 317 g/mol. The van der Waals surface area contributed by atoms with Crippen molar-refractivity contribution in [2.24, 2.45) is 17.5 Å². The third-order valence-corrected chi connectivity index (χ3v) is 5.81. The summed E-state index contributed by atoms with van der Waals surface area (Å²) < 4.78 is 2.04. The fourth-order valence-electron chi connectivity index (χ4n) is 4.29. The van der Waals surface area contributed by atoms with Crippen molar-refractivity contribution in [3.63, 3.8) is 0 Å². The Balaban J connectivity index is 1.67. The molecule has 2 aliphatic rings. The first-order chi connectivity index (χ1) is 11.1. The molecule has 0 radical (unpaired) electrons. The van der Waals surface area contributed by atoms with E-state index >= 15 is 0 Å². The molecule has 23 heavy (non-hydrogen) atoms. The Morgan fingerprint density at radius 3 is 2.57 bits per heavy atom. The van der Waals surface area contributed by atoms with Gasteiger partial charge in [-0.15, -0.1) is 0 Å². The smallest absolute Gasteiger partial charge is 0.193 e. The van der Waals surface area contributed by atoms with Gasteiger partial charge < -0.3 is 10.2 Å². The molecule has 5 heteroatoms. The summed E-state index contributed by atoms with van der Waals surface area (Å²) in [6.45, 7) is 7.54. The zero-order valence-electron chi connectivity index (χ0n) is 15.2. The largest absolute Gasteiger partial charge is 0.352 e. The zero-order valence-corrected chi connectivity index (χ0v) is 15.2. The molecule has 0 bridgehead atoms. The van der Waals surface area contributed by atoms with E-state index in [0.717, 1.165) is 31.9 Å². The number of hydrogen-bond acceptors (Lipinski definition) is 2. The highest BCUT2D eigenvalue weighted by Crippen LogP contribution is 2.47. The summed E-state index contributed by atoms with van der Waals surface area (Å²) >= 11 is 0. The number of aromatic nitrogens is 2. The Bertz CT molecular complexity index is 582. The second-order valence-corrected chi connectivity index (χ2v) is 7.13. The van der Waals surface area contributed by atoms with Crippen molar-refractivity contribution >= 4 is 5.96 Å². The first-order valence-electron chi connectivity index (χ1n) is 9.11. The van der Waals surface area contributed by atoms with Crippen molar-refractivity contribution in [1.82, 2.24) is 20.0 Å². The number of rotatable bonds is 4. The van der Waals surface area contributed by atoms with Gasteiger partial charge in [-0.2, -0.15) is 5.10 Å². The molecule has 1 N–H and O–H groups in total. The summed E-state index contributed by atoms with van der Waals surface area (Å²) in [5.74, 6) is 1.06. The molecule has 0 unspecified atom stereocenters. The van der Waals surface area contributed by atoms with Gasteiger partial charge in [-0.1, -0.05) is 20.3 Å². The lowest BCUT2D eigenvalue weighted by Crippen LogP contribution is -2.42. The highest BCUT2D eigenvalue weighted by atomic mass is 15.3. The van der Waals surface area contributed by atoms with Gasteiger partial charge in [0.1, 0.15) is 0 Å². The van der Waals surface area contributed by atoms with E-state index < -0.39 is 0 Å². The lowest BCUT2D eigenvalue weighted by atomic mass is 9.68. The molecule has 1 aliphatic heterocycles. The van der Waals surface area contributed by atoms with Crippen molar-refractivity contribution in [3.05, 3.63) is 17.0 Å². The van der Waals surface area contributed by atoms with Crippen molar-refractivity contribution in [2.45, 2.75) is 58.9 Å². The minimum Gasteiger partial charge on any atom is -0.352 e. The first-order valence-corrected chi connectivity index (χ1v) is 9.11. The molecule has 1 aromatic rings. The molecule has 0 atom stereocenters. The lowest BCUT2D eigenvalue weighted by molar-refractivity contribution is 0.151. The summed E-state index contributed by atoms with van der Waals surface area (Å²) in [6.07, 6.45) is 7.56. The SMILES string of the molecule is CCc1nn(C)c(CC)c1CNC(=NC)N1CCC2(CCC2)C1. The zero-order chi connectivity index (χ0) is 16.4. The van der Waals surface area contributed by atoms with Crippen LogP contribution in [0.1, 0.15) is 56.5 Å². The maximum absolute atomic E-state index is 4.67. The van der Waals surface area contributed by atoms with Gasteiger partial charge in [0.25, 0.3) is 0 Å². The van der Waals surface area contributed by atoms with Gasteiger partial charge in [-0.25, -0.2) is 0 Å². The van der Waals surface area contributed by atoms with E-state index in [0.29, 0.717) is 5.41 Å². The van der Waals surface area contributed by atoms with Crippen molar-refractivity contribution in [3.8, 4) is 0 Å². The van der Waals surface area contributed by atoms with Crippen LogP contribution in [0.2, 0.25) is 0 Å². The van der Waals surface area contributed by atoms with Crippen molar-refractivity contribution in [1.29, 1.82) is 0 Å². The van der Waals surface area contributed by atoms with Gasteiger partial charge in [-0.05, 0) is 37.5 Å². The number of guanidine groups is 1. The van der Waals surface area contributed by atoms with Crippen LogP contribution in [0.25, 0.3) is 0 Å². The van der Waals surface area contributed by atoms with Crippen LogP contribution >= 0.6 is 0 Å². The maximum Gasteiger partial charge on any atom is 0.193 e. The standard InChI is InChI=1S/C18H31N5/c1-5-15-14(16(6-2)22(4)21-15)12-20-17(19-3)23-11-10-18(13-23)8-7-9-18/h5-13H2,1-4H3,(H,19,20). The van der Waals surface area contributed by atoms with Crippen LogP contribution in [0.3, 0.4) is 0 Å². The first kappa shape index (κ1) is 16.3.